The monoisotopic (exact) mass is 472 g/mol. The number of carbonyl (C=O) groups is 1. The number of halogens is 2. The lowest BCUT2D eigenvalue weighted by Gasteiger charge is -2.18. The van der Waals surface area contributed by atoms with Gasteiger partial charge >= 0.3 is 5.97 Å². The number of carbonyl (C=O) groups excluding carboxylic acids is 1. The number of esters is 1. The van der Waals surface area contributed by atoms with Crippen molar-refractivity contribution < 1.29 is 18.7 Å². The summed E-state index contributed by atoms with van der Waals surface area (Å²) in [5.74, 6) is 0.728. The summed E-state index contributed by atoms with van der Waals surface area (Å²) >= 11 is 6.44. The van der Waals surface area contributed by atoms with Gasteiger partial charge in [0, 0.05) is 35.9 Å². The molecule has 2 aromatic carbocycles. The number of nitrogens with zero attached hydrogens (tertiary/aromatic N) is 2. The third kappa shape index (κ3) is 5.50. The average molecular weight is 473 g/mol. The van der Waals surface area contributed by atoms with E-state index < -0.39 is 0 Å². The molecule has 7 heteroatoms. The van der Waals surface area contributed by atoms with Gasteiger partial charge in [-0.3, -0.25) is 9.69 Å². The van der Waals surface area contributed by atoms with Crippen molar-refractivity contribution in [3.63, 3.8) is 0 Å². The van der Waals surface area contributed by atoms with E-state index in [1.165, 1.54) is 38.5 Å². The van der Waals surface area contributed by atoms with E-state index in [0.717, 1.165) is 53.8 Å². The fraction of sp³-hybridized carbons (Fsp3) is 0.423. The molecule has 1 fully saturated rings. The summed E-state index contributed by atoms with van der Waals surface area (Å²) in [6, 6.07) is 10.7. The Morgan fingerprint density at radius 2 is 1.94 bits per heavy atom. The van der Waals surface area contributed by atoms with Gasteiger partial charge in [-0.05, 0) is 56.3 Å². The first kappa shape index (κ1) is 23.6. The van der Waals surface area contributed by atoms with Crippen LogP contribution in [0, 0.1) is 11.7 Å². The van der Waals surface area contributed by atoms with Crippen LogP contribution < -0.4 is 4.74 Å². The molecule has 0 saturated heterocycles. The molecule has 0 bridgehead atoms. The second-order valence-electron chi connectivity index (χ2n) is 8.75. The van der Waals surface area contributed by atoms with E-state index in [0.29, 0.717) is 11.6 Å². The van der Waals surface area contributed by atoms with Gasteiger partial charge in [0.1, 0.15) is 18.2 Å². The van der Waals surface area contributed by atoms with E-state index in [4.69, 9.17) is 16.3 Å². The minimum atomic E-state index is -0.231. The van der Waals surface area contributed by atoms with Crippen LogP contribution in [0.4, 0.5) is 4.39 Å². The Morgan fingerprint density at radius 1 is 1.15 bits per heavy atom. The number of ether oxygens (including phenoxy) is 2. The van der Waals surface area contributed by atoms with Crippen molar-refractivity contribution in [2.24, 2.45) is 5.92 Å². The van der Waals surface area contributed by atoms with Gasteiger partial charge in [-0.15, -0.1) is 0 Å². The maximum absolute atomic E-state index is 13.4. The van der Waals surface area contributed by atoms with Gasteiger partial charge < -0.3 is 14.0 Å². The van der Waals surface area contributed by atoms with E-state index in [2.05, 4.69) is 22.8 Å². The minimum Gasteiger partial charge on any atom is -0.490 e. The fourth-order valence-electron chi connectivity index (χ4n) is 4.57. The first-order valence-corrected chi connectivity index (χ1v) is 11.8. The summed E-state index contributed by atoms with van der Waals surface area (Å²) in [6.45, 7) is 2.29. The summed E-state index contributed by atoms with van der Waals surface area (Å²) in [5, 5.41) is 1.47. The van der Waals surface area contributed by atoms with Gasteiger partial charge in [-0.25, -0.2) is 4.39 Å². The number of hydrogen-bond donors (Lipinski definition) is 0. The van der Waals surface area contributed by atoms with Gasteiger partial charge in [0.2, 0.25) is 0 Å². The Kier molecular flexibility index (Phi) is 7.56. The highest BCUT2D eigenvalue weighted by Gasteiger charge is 2.21. The normalized spacial score (nSPS) is 16.8. The predicted molar refractivity (Wildman–Crippen MR) is 129 cm³/mol. The van der Waals surface area contributed by atoms with E-state index in [9.17, 15) is 9.18 Å². The average Bonchev–Trinajstić information content (AvgIpc) is 3.13. The van der Waals surface area contributed by atoms with Crippen LogP contribution in [0.2, 0.25) is 5.02 Å². The highest BCUT2D eigenvalue weighted by molar-refractivity contribution is 6.32. The number of hydrogen-bond acceptors (Lipinski definition) is 4. The van der Waals surface area contributed by atoms with E-state index in [1.54, 1.807) is 6.07 Å². The summed E-state index contributed by atoms with van der Waals surface area (Å²) in [6.07, 6.45) is 7.68. The molecule has 5 nitrogen and oxygen atoms in total. The highest BCUT2D eigenvalue weighted by atomic mass is 35.5. The lowest BCUT2D eigenvalue weighted by molar-refractivity contribution is -0.146. The quantitative estimate of drug-likeness (QED) is 0.430. The number of fused-ring (bicyclic) bond motifs is 2. The van der Waals surface area contributed by atoms with Crippen LogP contribution in [0.15, 0.2) is 42.6 Å². The molecule has 5 rings (SSSR count). The molecule has 1 aliphatic carbocycles. The summed E-state index contributed by atoms with van der Waals surface area (Å²) in [4.78, 5) is 13.1. The number of benzene rings is 2. The van der Waals surface area contributed by atoms with Gasteiger partial charge in [0.25, 0.3) is 0 Å². The molecule has 0 N–H and O–H groups in total. The zero-order valence-electron chi connectivity index (χ0n) is 19.2. The molecule has 0 amide bonds. The third-order valence-electron chi connectivity index (χ3n) is 6.34. The van der Waals surface area contributed by atoms with Crippen LogP contribution in [0.25, 0.3) is 16.6 Å². The largest absolute Gasteiger partial charge is 0.490 e. The maximum atomic E-state index is 13.4. The van der Waals surface area contributed by atoms with Crippen LogP contribution in [0.3, 0.4) is 0 Å². The summed E-state index contributed by atoms with van der Waals surface area (Å²) in [5.41, 5.74) is 2.97. The molecule has 0 atom stereocenters. The number of rotatable bonds is 2. The van der Waals surface area contributed by atoms with E-state index in [1.807, 2.05) is 22.9 Å². The molecule has 1 aromatic heterocycles. The Labute approximate surface area is 199 Å². The highest BCUT2D eigenvalue weighted by Crippen LogP contribution is 2.35. The second-order valence-corrected chi connectivity index (χ2v) is 9.16. The van der Waals surface area contributed by atoms with Crippen LogP contribution >= 0.6 is 11.6 Å². The molecule has 2 aliphatic rings. The molecule has 0 radical (unpaired) electrons. The minimum absolute atomic E-state index is 0.0142. The molecule has 2 heterocycles. The number of likely N-dealkylation sites (N-methyl/N-ethyl adjacent to an activating group) is 1. The zero-order valence-corrected chi connectivity index (χ0v) is 19.9. The van der Waals surface area contributed by atoms with Gasteiger partial charge in [0.05, 0.1) is 23.6 Å². The summed E-state index contributed by atoms with van der Waals surface area (Å²) in [7, 11) is 3.53. The van der Waals surface area contributed by atoms with Crippen molar-refractivity contribution in [1.82, 2.24) is 9.47 Å². The maximum Gasteiger partial charge on any atom is 0.308 e. The van der Waals surface area contributed by atoms with Gasteiger partial charge in [-0.1, -0.05) is 30.9 Å². The molecular weight excluding hydrogens is 443 g/mol. The standard InChI is InChI=1S/C18H16ClFN2O.C8H14O2/c1-21-6-7-23-18-13(11-21)9-15(10-16(18)19)22-5-4-12-8-14(20)2-3-17(12)22;1-10-8(9)7-5-3-2-4-6-7/h2-5,8-10H,6-7,11H2,1H3;7H,2-6H2,1H3. The van der Waals surface area contributed by atoms with E-state index >= 15 is 0 Å². The Hall–Kier alpha value is -2.57. The molecule has 1 saturated carbocycles. The topological polar surface area (TPSA) is 43.7 Å². The van der Waals surface area contributed by atoms with Crippen LogP contribution in [-0.4, -0.2) is 42.7 Å². The molecule has 3 aromatic rings. The molecule has 0 spiro atoms. The SMILES string of the molecule is CN1CCOc2c(Cl)cc(-n3ccc4cc(F)ccc43)cc2C1.COC(=O)C1CCCCC1. The van der Waals surface area contributed by atoms with Gasteiger partial charge in [-0.2, -0.15) is 0 Å². The summed E-state index contributed by atoms with van der Waals surface area (Å²) < 4.78 is 25.8. The molecule has 33 heavy (non-hydrogen) atoms. The lowest BCUT2D eigenvalue weighted by Crippen LogP contribution is -2.20. The number of methoxy groups -OCH3 is 1. The molecular formula is C26H30ClFN2O3. The third-order valence-corrected chi connectivity index (χ3v) is 6.62. The predicted octanol–water partition coefficient (Wildman–Crippen LogP) is 5.99. The first-order valence-electron chi connectivity index (χ1n) is 11.4. The van der Waals surface area contributed by atoms with E-state index in [-0.39, 0.29) is 17.7 Å². The van der Waals surface area contributed by atoms with Gasteiger partial charge in [0.15, 0.2) is 0 Å². The molecule has 0 unspecified atom stereocenters. The second kappa shape index (κ2) is 10.6. The van der Waals surface area contributed by atoms with Crippen LogP contribution in [0.1, 0.15) is 37.7 Å². The fourth-order valence-corrected chi connectivity index (χ4v) is 4.86. The Morgan fingerprint density at radius 3 is 2.70 bits per heavy atom. The van der Waals surface area contributed by atoms with Crippen molar-refractivity contribution in [2.75, 3.05) is 27.3 Å². The van der Waals surface area contributed by atoms with Crippen molar-refractivity contribution in [2.45, 2.75) is 38.6 Å². The van der Waals surface area contributed by atoms with Crippen molar-refractivity contribution in [3.8, 4) is 11.4 Å². The zero-order chi connectivity index (χ0) is 23.4. The number of aromatic nitrogens is 1. The van der Waals surface area contributed by atoms with Crippen LogP contribution in [0.5, 0.6) is 5.75 Å². The Balaban J connectivity index is 0.000000219. The smallest absolute Gasteiger partial charge is 0.308 e. The first-order chi connectivity index (χ1) is 16.0. The van der Waals surface area contributed by atoms with Crippen molar-refractivity contribution in [1.29, 1.82) is 0 Å². The van der Waals surface area contributed by atoms with Crippen LogP contribution in [-0.2, 0) is 16.1 Å². The van der Waals surface area contributed by atoms with Crippen molar-refractivity contribution >= 4 is 28.5 Å². The Bertz CT molecular complexity index is 1120. The molecule has 176 valence electrons. The molecule has 1 aliphatic heterocycles. The van der Waals surface area contributed by atoms with Crippen molar-refractivity contribution in [3.05, 3.63) is 59.0 Å². The lowest BCUT2D eigenvalue weighted by atomic mass is 9.89.